The van der Waals surface area contributed by atoms with Gasteiger partial charge in [0.05, 0.1) is 11.1 Å². The van der Waals surface area contributed by atoms with E-state index in [1.807, 2.05) is 23.7 Å². The third-order valence-electron chi connectivity index (χ3n) is 4.80. The van der Waals surface area contributed by atoms with Gasteiger partial charge < -0.3 is 20.6 Å². The van der Waals surface area contributed by atoms with Crippen molar-refractivity contribution in [3.05, 3.63) is 42.4 Å². The Hall–Kier alpha value is -3.35. The fourth-order valence-corrected chi connectivity index (χ4v) is 3.44. The van der Waals surface area contributed by atoms with Crippen LogP contribution in [0.1, 0.15) is 30.2 Å². The average molecular weight is 348 g/mol. The van der Waals surface area contributed by atoms with Gasteiger partial charge in [-0.25, -0.2) is 9.97 Å². The lowest BCUT2D eigenvalue weighted by Crippen LogP contribution is -2.10. The van der Waals surface area contributed by atoms with Crippen molar-refractivity contribution in [3.63, 3.8) is 0 Å². The Morgan fingerprint density at radius 3 is 2.65 bits per heavy atom. The van der Waals surface area contributed by atoms with Crippen molar-refractivity contribution < 1.29 is 4.79 Å². The van der Waals surface area contributed by atoms with Crippen molar-refractivity contribution in [2.24, 2.45) is 12.8 Å². The summed E-state index contributed by atoms with van der Waals surface area (Å²) in [6.45, 7) is 4.20. The van der Waals surface area contributed by atoms with E-state index < -0.39 is 5.91 Å². The van der Waals surface area contributed by atoms with Crippen molar-refractivity contribution in [1.29, 1.82) is 0 Å². The van der Waals surface area contributed by atoms with Crippen LogP contribution in [0.5, 0.6) is 0 Å². The Morgan fingerprint density at radius 2 is 1.96 bits per heavy atom. The predicted molar refractivity (Wildman–Crippen MR) is 103 cm³/mol. The van der Waals surface area contributed by atoms with Crippen molar-refractivity contribution in [2.75, 3.05) is 5.73 Å². The first-order chi connectivity index (χ1) is 12.4. The Kier molecular flexibility index (Phi) is 3.47. The van der Waals surface area contributed by atoms with Crippen LogP contribution in [0.2, 0.25) is 0 Å². The SMILES string of the molecule is CC(C)n1cc(-c2cc3ccc(C(N)=O)cc3n2C)c2c(N)ncnc21. The molecule has 0 fully saturated rings. The van der Waals surface area contributed by atoms with Crippen LogP contribution in [0, 0.1) is 0 Å². The van der Waals surface area contributed by atoms with Crippen LogP contribution in [0.15, 0.2) is 36.8 Å². The number of nitrogens with two attached hydrogens (primary N) is 2. The second-order valence-electron chi connectivity index (χ2n) is 6.73. The minimum atomic E-state index is -0.441. The molecule has 26 heavy (non-hydrogen) atoms. The molecule has 3 aromatic heterocycles. The number of nitrogen functional groups attached to an aromatic ring is 1. The molecule has 7 nitrogen and oxygen atoms in total. The smallest absolute Gasteiger partial charge is 0.248 e. The number of anilines is 1. The summed E-state index contributed by atoms with van der Waals surface area (Å²) >= 11 is 0. The van der Waals surface area contributed by atoms with Crippen molar-refractivity contribution in [3.8, 4) is 11.3 Å². The van der Waals surface area contributed by atoms with E-state index in [1.54, 1.807) is 6.07 Å². The Balaban J connectivity index is 2.04. The van der Waals surface area contributed by atoms with Crippen LogP contribution >= 0.6 is 0 Å². The van der Waals surface area contributed by atoms with Gasteiger partial charge in [-0.05, 0) is 32.0 Å². The summed E-state index contributed by atoms with van der Waals surface area (Å²) < 4.78 is 4.13. The fourth-order valence-electron chi connectivity index (χ4n) is 3.44. The Labute approximate surface area is 150 Å². The number of hydrogen-bond acceptors (Lipinski definition) is 4. The Bertz CT molecular complexity index is 1170. The molecule has 1 amide bonds. The number of nitrogens with zero attached hydrogens (tertiary/aromatic N) is 4. The molecular formula is C19H20N6O. The van der Waals surface area contributed by atoms with Crippen LogP contribution in [0.25, 0.3) is 33.2 Å². The highest BCUT2D eigenvalue weighted by Crippen LogP contribution is 2.36. The lowest BCUT2D eigenvalue weighted by molar-refractivity contribution is 0.100. The lowest BCUT2D eigenvalue weighted by atomic mass is 10.1. The van der Waals surface area contributed by atoms with E-state index in [-0.39, 0.29) is 6.04 Å². The highest BCUT2D eigenvalue weighted by molar-refractivity contribution is 6.03. The van der Waals surface area contributed by atoms with E-state index in [4.69, 9.17) is 11.5 Å². The summed E-state index contributed by atoms with van der Waals surface area (Å²) in [6, 6.07) is 7.76. The molecule has 132 valence electrons. The van der Waals surface area contributed by atoms with E-state index in [1.165, 1.54) is 6.33 Å². The molecule has 1 aromatic carbocycles. The zero-order chi connectivity index (χ0) is 18.6. The molecule has 0 radical (unpaired) electrons. The zero-order valence-electron chi connectivity index (χ0n) is 14.9. The number of benzene rings is 1. The quantitative estimate of drug-likeness (QED) is 0.594. The van der Waals surface area contributed by atoms with Crippen molar-refractivity contribution in [1.82, 2.24) is 19.1 Å². The largest absolute Gasteiger partial charge is 0.383 e. The third kappa shape index (κ3) is 2.24. The normalized spacial score (nSPS) is 11.7. The number of carbonyl (C=O) groups is 1. The minimum Gasteiger partial charge on any atom is -0.383 e. The standard InChI is InChI=1S/C19H20N6O/c1-10(2)25-8-13(16-17(20)22-9-23-19(16)25)15-6-11-4-5-12(18(21)26)7-14(11)24(15)3/h4-10H,1-3H3,(H2,21,26)(H2,20,22,23). The number of hydrogen-bond donors (Lipinski definition) is 2. The van der Waals surface area contributed by atoms with Crippen molar-refractivity contribution in [2.45, 2.75) is 19.9 Å². The molecule has 0 saturated heterocycles. The van der Waals surface area contributed by atoms with E-state index in [0.29, 0.717) is 11.4 Å². The van der Waals surface area contributed by atoms with E-state index in [0.717, 1.165) is 33.2 Å². The molecule has 0 saturated carbocycles. The second kappa shape index (κ2) is 5.59. The van der Waals surface area contributed by atoms with Gasteiger partial charge in [-0.2, -0.15) is 0 Å². The molecule has 4 rings (SSSR count). The molecule has 0 atom stereocenters. The first-order valence-electron chi connectivity index (χ1n) is 8.39. The summed E-state index contributed by atoms with van der Waals surface area (Å²) in [5.74, 6) is 0.0104. The van der Waals surface area contributed by atoms with Gasteiger partial charge in [-0.1, -0.05) is 6.07 Å². The summed E-state index contributed by atoms with van der Waals surface area (Å²) in [5.41, 5.74) is 15.8. The number of fused-ring (bicyclic) bond motifs is 2. The third-order valence-corrected chi connectivity index (χ3v) is 4.80. The Morgan fingerprint density at radius 1 is 1.19 bits per heavy atom. The van der Waals surface area contributed by atoms with Gasteiger partial charge in [0.1, 0.15) is 17.8 Å². The molecule has 7 heteroatoms. The molecule has 0 bridgehead atoms. The van der Waals surface area contributed by atoms with Crippen LogP contribution in [-0.4, -0.2) is 25.0 Å². The number of carbonyl (C=O) groups excluding carboxylic acids is 1. The number of aryl methyl sites for hydroxylation is 1. The molecule has 0 unspecified atom stereocenters. The lowest BCUT2D eigenvalue weighted by Gasteiger charge is -2.07. The molecule has 0 spiro atoms. The summed E-state index contributed by atoms with van der Waals surface area (Å²) in [4.78, 5) is 20.1. The first kappa shape index (κ1) is 16.1. The van der Waals surface area contributed by atoms with Crippen molar-refractivity contribution >= 4 is 33.7 Å². The molecule has 3 heterocycles. The number of aromatic nitrogens is 4. The molecule has 0 aliphatic heterocycles. The zero-order valence-corrected chi connectivity index (χ0v) is 14.9. The predicted octanol–water partition coefficient (Wildman–Crippen LogP) is 2.85. The molecular weight excluding hydrogens is 328 g/mol. The summed E-state index contributed by atoms with van der Waals surface area (Å²) in [5, 5.41) is 1.86. The second-order valence-corrected chi connectivity index (χ2v) is 6.73. The van der Waals surface area contributed by atoms with Gasteiger partial charge >= 0.3 is 0 Å². The average Bonchev–Trinajstić information content (AvgIpc) is 3.14. The van der Waals surface area contributed by atoms with Gasteiger partial charge in [0.2, 0.25) is 5.91 Å². The van der Waals surface area contributed by atoms with E-state index in [9.17, 15) is 4.79 Å². The van der Waals surface area contributed by atoms with Crippen LogP contribution in [-0.2, 0) is 7.05 Å². The van der Waals surface area contributed by atoms with Gasteiger partial charge in [0.15, 0.2) is 0 Å². The molecule has 4 N–H and O–H groups in total. The first-order valence-corrected chi connectivity index (χ1v) is 8.39. The highest BCUT2D eigenvalue weighted by Gasteiger charge is 2.19. The maximum Gasteiger partial charge on any atom is 0.248 e. The minimum absolute atomic E-state index is 0.233. The highest BCUT2D eigenvalue weighted by atomic mass is 16.1. The molecule has 4 aromatic rings. The van der Waals surface area contributed by atoms with Crippen LogP contribution < -0.4 is 11.5 Å². The fraction of sp³-hybridized carbons (Fsp3) is 0.211. The summed E-state index contributed by atoms with van der Waals surface area (Å²) in [6.07, 6.45) is 3.55. The van der Waals surface area contributed by atoms with E-state index in [2.05, 4.69) is 40.6 Å². The van der Waals surface area contributed by atoms with Gasteiger partial charge in [0.25, 0.3) is 0 Å². The number of amides is 1. The topological polar surface area (TPSA) is 105 Å². The summed E-state index contributed by atoms with van der Waals surface area (Å²) in [7, 11) is 1.96. The van der Waals surface area contributed by atoms with Crippen LogP contribution in [0.4, 0.5) is 5.82 Å². The molecule has 0 aliphatic carbocycles. The number of primary amides is 1. The van der Waals surface area contributed by atoms with E-state index >= 15 is 0 Å². The molecule has 0 aliphatic rings. The number of rotatable bonds is 3. The maximum atomic E-state index is 11.5. The van der Waals surface area contributed by atoms with Gasteiger partial charge in [-0.3, -0.25) is 4.79 Å². The van der Waals surface area contributed by atoms with Gasteiger partial charge in [-0.15, -0.1) is 0 Å². The van der Waals surface area contributed by atoms with Gasteiger partial charge in [0, 0.05) is 41.3 Å². The van der Waals surface area contributed by atoms with Crippen LogP contribution in [0.3, 0.4) is 0 Å². The monoisotopic (exact) mass is 348 g/mol. The maximum absolute atomic E-state index is 11.5.